The maximum absolute atomic E-state index is 12.4. The Bertz CT molecular complexity index is 795. The van der Waals surface area contributed by atoms with Crippen LogP contribution >= 0.6 is 0 Å². The number of ketones is 1. The molecule has 28 heavy (non-hydrogen) atoms. The normalized spacial score (nSPS) is 14.1. The van der Waals surface area contributed by atoms with Gasteiger partial charge in [0.15, 0.2) is 5.78 Å². The number of rotatable bonds is 6. The van der Waals surface area contributed by atoms with Gasteiger partial charge >= 0.3 is 6.03 Å². The second-order valence-corrected chi connectivity index (χ2v) is 7.07. The molecule has 1 aliphatic rings. The molecule has 2 aromatic rings. The number of aryl methyl sites for hydroxylation is 1. The zero-order valence-electron chi connectivity index (χ0n) is 16.2. The number of hydrogen-bond acceptors (Lipinski definition) is 4. The predicted molar refractivity (Wildman–Crippen MR) is 111 cm³/mol. The molecule has 6 nitrogen and oxygen atoms in total. The smallest absolute Gasteiger partial charge is 0.321 e. The Morgan fingerprint density at radius 2 is 1.61 bits per heavy atom. The van der Waals surface area contributed by atoms with E-state index in [4.69, 9.17) is 5.11 Å². The van der Waals surface area contributed by atoms with Crippen LogP contribution in [0.5, 0.6) is 0 Å². The summed E-state index contributed by atoms with van der Waals surface area (Å²) in [7, 11) is 0. The Balaban J connectivity index is 1.51. The van der Waals surface area contributed by atoms with E-state index in [1.807, 2.05) is 60.4 Å². The van der Waals surface area contributed by atoms with Crippen molar-refractivity contribution in [3.63, 3.8) is 0 Å². The highest BCUT2D eigenvalue weighted by Gasteiger charge is 2.21. The number of nitrogens with zero attached hydrogens (tertiary/aromatic N) is 2. The zero-order chi connectivity index (χ0) is 19.9. The van der Waals surface area contributed by atoms with E-state index in [2.05, 4.69) is 10.2 Å². The van der Waals surface area contributed by atoms with Gasteiger partial charge in [0, 0.05) is 56.1 Å². The van der Waals surface area contributed by atoms with Crippen molar-refractivity contribution in [1.82, 2.24) is 4.90 Å². The molecule has 6 heteroatoms. The van der Waals surface area contributed by atoms with Crippen molar-refractivity contribution >= 4 is 23.2 Å². The van der Waals surface area contributed by atoms with Gasteiger partial charge in [-0.15, -0.1) is 0 Å². The summed E-state index contributed by atoms with van der Waals surface area (Å²) in [6, 6.07) is 15.3. The average Bonchev–Trinajstić information content (AvgIpc) is 2.74. The Morgan fingerprint density at radius 3 is 2.21 bits per heavy atom. The molecule has 2 N–H and O–H groups in total. The quantitative estimate of drug-likeness (QED) is 0.753. The summed E-state index contributed by atoms with van der Waals surface area (Å²) in [6.45, 7) is 4.84. The molecule has 0 bridgehead atoms. The molecule has 2 aromatic carbocycles. The van der Waals surface area contributed by atoms with E-state index in [1.165, 1.54) is 0 Å². The van der Waals surface area contributed by atoms with Crippen molar-refractivity contribution in [3.05, 3.63) is 59.7 Å². The lowest BCUT2D eigenvalue weighted by Gasteiger charge is -2.36. The third-order valence-corrected chi connectivity index (χ3v) is 4.99. The first-order valence-electron chi connectivity index (χ1n) is 9.68. The van der Waals surface area contributed by atoms with Crippen LogP contribution in [0.25, 0.3) is 0 Å². The topological polar surface area (TPSA) is 72.9 Å². The molecular formula is C22H27N3O3. The summed E-state index contributed by atoms with van der Waals surface area (Å²) in [4.78, 5) is 28.5. The average molecular weight is 381 g/mol. The van der Waals surface area contributed by atoms with Crippen LogP contribution in [-0.4, -0.2) is 54.6 Å². The minimum atomic E-state index is -0.0756. The fourth-order valence-electron chi connectivity index (χ4n) is 3.25. The molecule has 1 fully saturated rings. The number of benzene rings is 2. The van der Waals surface area contributed by atoms with Crippen LogP contribution in [0, 0.1) is 6.92 Å². The van der Waals surface area contributed by atoms with Crippen LogP contribution in [0.1, 0.15) is 28.8 Å². The first-order valence-corrected chi connectivity index (χ1v) is 9.68. The highest BCUT2D eigenvalue weighted by atomic mass is 16.3. The first kappa shape index (κ1) is 19.9. The van der Waals surface area contributed by atoms with E-state index >= 15 is 0 Å². The number of anilines is 2. The molecule has 2 amide bonds. The molecule has 1 heterocycles. The van der Waals surface area contributed by atoms with Crippen LogP contribution < -0.4 is 10.2 Å². The van der Waals surface area contributed by atoms with Crippen molar-refractivity contribution in [2.45, 2.75) is 19.8 Å². The van der Waals surface area contributed by atoms with Crippen LogP contribution in [-0.2, 0) is 0 Å². The molecule has 0 atom stereocenters. The molecule has 1 aliphatic heterocycles. The van der Waals surface area contributed by atoms with Gasteiger partial charge in [0.2, 0.25) is 0 Å². The first-order chi connectivity index (χ1) is 13.6. The van der Waals surface area contributed by atoms with Gasteiger partial charge in [-0.2, -0.15) is 0 Å². The second kappa shape index (κ2) is 9.37. The summed E-state index contributed by atoms with van der Waals surface area (Å²) in [5.41, 5.74) is 3.69. The molecule has 0 radical (unpaired) electrons. The highest BCUT2D eigenvalue weighted by Crippen LogP contribution is 2.19. The van der Waals surface area contributed by atoms with Crippen LogP contribution in [0.2, 0.25) is 0 Å². The van der Waals surface area contributed by atoms with Gasteiger partial charge in [0.05, 0.1) is 0 Å². The van der Waals surface area contributed by atoms with Crippen molar-refractivity contribution in [3.8, 4) is 0 Å². The minimum Gasteiger partial charge on any atom is -0.396 e. The molecule has 0 spiro atoms. The minimum absolute atomic E-state index is 0.0333. The number of nitrogens with one attached hydrogen (secondary N) is 1. The maximum atomic E-state index is 12.4. The van der Waals surface area contributed by atoms with Gasteiger partial charge in [-0.3, -0.25) is 4.79 Å². The van der Waals surface area contributed by atoms with Crippen molar-refractivity contribution < 1.29 is 14.7 Å². The molecule has 148 valence electrons. The van der Waals surface area contributed by atoms with Crippen molar-refractivity contribution in [2.75, 3.05) is 43.0 Å². The van der Waals surface area contributed by atoms with E-state index in [0.717, 1.165) is 30.0 Å². The highest BCUT2D eigenvalue weighted by molar-refractivity contribution is 5.96. The number of aliphatic hydroxyl groups excluding tert-OH is 1. The Hall–Kier alpha value is -2.86. The Labute approximate surface area is 165 Å². The number of piperazine rings is 1. The number of aliphatic hydroxyl groups is 1. The third kappa shape index (κ3) is 5.10. The number of carbonyl (C=O) groups excluding carboxylic acids is 2. The number of urea groups is 1. The third-order valence-electron chi connectivity index (χ3n) is 4.99. The van der Waals surface area contributed by atoms with E-state index in [-0.39, 0.29) is 18.4 Å². The lowest BCUT2D eigenvalue weighted by molar-refractivity contribution is 0.0971. The van der Waals surface area contributed by atoms with Gasteiger partial charge in [-0.25, -0.2) is 4.79 Å². The summed E-state index contributed by atoms with van der Waals surface area (Å²) in [6.07, 6.45) is 0.859. The molecule has 1 saturated heterocycles. The van der Waals surface area contributed by atoms with E-state index in [0.29, 0.717) is 31.5 Å². The monoisotopic (exact) mass is 381 g/mol. The largest absolute Gasteiger partial charge is 0.396 e. The fourth-order valence-corrected chi connectivity index (χ4v) is 3.25. The fraction of sp³-hybridized carbons (Fsp3) is 0.364. The molecule has 0 aliphatic carbocycles. The van der Waals surface area contributed by atoms with E-state index in [9.17, 15) is 9.59 Å². The number of Topliss-reactive ketones (excluding diaryl/α,β-unsaturated/α-hetero) is 1. The summed E-state index contributed by atoms with van der Waals surface area (Å²) < 4.78 is 0. The van der Waals surface area contributed by atoms with Gasteiger partial charge in [-0.1, -0.05) is 17.7 Å². The zero-order valence-corrected chi connectivity index (χ0v) is 16.2. The van der Waals surface area contributed by atoms with Gasteiger partial charge in [0.1, 0.15) is 0 Å². The van der Waals surface area contributed by atoms with Crippen LogP contribution in [0.4, 0.5) is 16.2 Å². The molecule has 0 saturated carbocycles. The Kier molecular flexibility index (Phi) is 6.66. The lowest BCUT2D eigenvalue weighted by atomic mass is 10.1. The summed E-state index contributed by atoms with van der Waals surface area (Å²) >= 11 is 0. The summed E-state index contributed by atoms with van der Waals surface area (Å²) in [5.74, 6) is 0.0539. The molecule has 0 unspecified atom stereocenters. The number of carbonyl (C=O) groups is 2. The molecule has 0 aromatic heterocycles. The van der Waals surface area contributed by atoms with Gasteiger partial charge < -0.3 is 20.2 Å². The van der Waals surface area contributed by atoms with E-state index < -0.39 is 0 Å². The predicted octanol–water partition coefficient (Wildman–Crippen LogP) is 3.30. The van der Waals surface area contributed by atoms with Gasteiger partial charge in [0.25, 0.3) is 0 Å². The van der Waals surface area contributed by atoms with Crippen molar-refractivity contribution in [1.29, 1.82) is 0 Å². The molecular weight excluding hydrogens is 354 g/mol. The van der Waals surface area contributed by atoms with Crippen LogP contribution in [0.15, 0.2) is 48.5 Å². The number of hydrogen-bond donors (Lipinski definition) is 2. The standard InChI is InChI=1S/C22H27N3O3/c1-17-4-8-19(9-5-17)23-22(28)25-14-12-24(13-15-25)20-10-6-18(7-11-20)21(27)3-2-16-26/h4-11,26H,2-3,12-16H2,1H3,(H,23,28). The number of amides is 2. The SMILES string of the molecule is Cc1ccc(NC(=O)N2CCN(c3ccc(C(=O)CCCO)cc3)CC2)cc1. The van der Waals surface area contributed by atoms with Crippen LogP contribution in [0.3, 0.4) is 0 Å². The maximum Gasteiger partial charge on any atom is 0.321 e. The lowest BCUT2D eigenvalue weighted by Crippen LogP contribution is -2.50. The Morgan fingerprint density at radius 1 is 0.964 bits per heavy atom. The van der Waals surface area contributed by atoms with Crippen molar-refractivity contribution in [2.24, 2.45) is 0 Å². The second-order valence-electron chi connectivity index (χ2n) is 7.07. The van der Waals surface area contributed by atoms with Gasteiger partial charge in [-0.05, 0) is 49.7 Å². The molecule has 3 rings (SSSR count). The summed E-state index contributed by atoms with van der Waals surface area (Å²) in [5, 5.41) is 11.8. The van der Waals surface area contributed by atoms with E-state index in [1.54, 1.807) is 0 Å².